The lowest BCUT2D eigenvalue weighted by Gasteiger charge is -2.35. The van der Waals surface area contributed by atoms with E-state index in [1.54, 1.807) is 0 Å². The van der Waals surface area contributed by atoms with Gasteiger partial charge in [0.05, 0.1) is 0 Å². The molecule has 0 amide bonds. The standard InChI is InChI=1S/C20H30NO2/c1-16(2)21-12-8-19(9-13-21)23-18-6-4-17(5-7-18)20(3)10-14-22-15-11-20/h4-7,16,19H,3,8-15H2,1-2H3. The Labute approximate surface area is 141 Å². The molecule has 23 heavy (non-hydrogen) atoms. The number of hydrogen-bond acceptors (Lipinski definition) is 3. The summed E-state index contributed by atoms with van der Waals surface area (Å²) in [6.45, 7) is 12.9. The van der Waals surface area contributed by atoms with E-state index in [9.17, 15) is 0 Å². The van der Waals surface area contributed by atoms with E-state index in [1.807, 2.05) is 0 Å². The Hall–Kier alpha value is -1.06. The number of benzene rings is 1. The van der Waals surface area contributed by atoms with Gasteiger partial charge < -0.3 is 14.4 Å². The van der Waals surface area contributed by atoms with Gasteiger partial charge in [-0.05, 0) is 69.6 Å². The third-order valence-electron chi connectivity index (χ3n) is 5.43. The van der Waals surface area contributed by atoms with Crippen molar-refractivity contribution in [2.75, 3.05) is 26.3 Å². The Bertz CT molecular complexity index is 483. The zero-order valence-corrected chi connectivity index (χ0v) is 14.6. The topological polar surface area (TPSA) is 21.7 Å². The molecule has 0 N–H and O–H groups in total. The van der Waals surface area contributed by atoms with Crippen molar-refractivity contribution < 1.29 is 9.47 Å². The van der Waals surface area contributed by atoms with E-state index in [1.165, 1.54) is 5.56 Å². The van der Waals surface area contributed by atoms with Gasteiger partial charge in [0.15, 0.2) is 0 Å². The molecule has 127 valence electrons. The molecule has 2 aliphatic rings. The number of ether oxygens (including phenoxy) is 2. The van der Waals surface area contributed by atoms with Crippen molar-refractivity contribution in [3.8, 4) is 5.75 Å². The van der Waals surface area contributed by atoms with Gasteiger partial charge in [-0.3, -0.25) is 0 Å². The zero-order chi connectivity index (χ0) is 16.3. The smallest absolute Gasteiger partial charge is 0.119 e. The van der Waals surface area contributed by atoms with Crippen molar-refractivity contribution in [1.82, 2.24) is 4.90 Å². The third-order valence-corrected chi connectivity index (χ3v) is 5.43. The van der Waals surface area contributed by atoms with Crippen LogP contribution in [-0.4, -0.2) is 43.3 Å². The summed E-state index contributed by atoms with van der Waals surface area (Å²) >= 11 is 0. The fraction of sp³-hybridized carbons (Fsp3) is 0.650. The van der Waals surface area contributed by atoms with Gasteiger partial charge >= 0.3 is 0 Å². The zero-order valence-electron chi connectivity index (χ0n) is 14.6. The fourth-order valence-corrected chi connectivity index (χ4v) is 3.64. The lowest BCUT2D eigenvalue weighted by atomic mass is 9.76. The molecule has 3 rings (SSSR count). The SMILES string of the molecule is [CH2]C1(c2ccc(OC3CCN(C(C)C)CC3)cc2)CCOCC1. The Kier molecular flexibility index (Phi) is 5.27. The number of piperidine rings is 1. The van der Waals surface area contributed by atoms with E-state index in [-0.39, 0.29) is 5.41 Å². The molecule has 1 radical (unpaired) electrons. The van der Waals surface area contributed by atoms with E-state index in [0.717, 1.165) is 57.7 Å². The minimum absolute atomic E-state index is 0.0133. The van der Waals surface area contributed by atoms with Crippen LogP contribution in [0.3, 0.4) is 0 Å². The van der Waals surface area contributed by atoms with Crippen LogP contribution in [0.4, 0.5) is 0 Å². The van der Waals surface area contributed by atoms with Crippen LogP contribution >= 0.6 is 0 Å². The summed E-state index contributed by atoms with van der Waals surface area (Å²) in [5.41, 5.74) is 1.32. The second kappa shape index (κ2) is 7.23. The highest BCUT2D eigenvalue weighted by Crippen LogP contribution is 2.34. The van der Waals surface area contributed by atoms with Gasteiger partial charge in [0.2, 0.25) is 0 Å². The second-order valence-corrected chi connectivity index (χ2v) is 7.36. The van der Waals surface area contributed by atoms with Crippen molar-refractivity contribution in [3.63, 3.8) is 0 Å². The lowest BCUT2D eigenvalue weighted by Crippen LogP contribution is -2.41. The summed E-state index contributed by atoms with van der Waals surface area (Å²) in [4.78, 5) is 2.53. The Morgan fingerprint density at radius 2 is 1.74 bits per heavy atom. The molecule has 0 spiro atoms. The van der Waals surface area contributed by atoms with E-state index in [0.29, 0.717) is 12.1 Å². The predicted molar refractivity (Wildman–Crippen MR) is 93.9 cm³/mol. The molecule has 0 saturated carbocycles. The van der Waals surface area contributed by atoms with E-state index in [4.69, 9.17) is 9.47 Å². The molecule has 1 aromatic rings. The monoisotopic (exact) mass is 316 g/mol. The van der Waals surface area contributed by atoms with Crippen LogP contribution in [0.5, 0.6) is 5.75 Å². The third kappa shape index (κ3) is 4.07. The summed E-state index contributed by atoms with van der Waals surface area (Å²) in [5.74, 6) is 0.993. The minimum Gasteiger partial charge on any atom is -0.490 e. The largest absolute Gasteiger partial charge is 0.490 e. The Morgan fingerprint density at radius 3 is 2.30 bits per heavy atom. The number of rotatable bonds is 4. The van der Waals surface area contributed by atoms with Gasteiger partial charge in [-0.15, -0.1) is 0 Å². The molecule has 2 fully saturated rings. The average Bonchev–Trinajstić information content (AvgIpc) is 2.56. The average molecular weight is 316 g/mol. The molecule has 0 bridgehead atoms. The molecule has 3 nitrogen and oxygen atoms in total. The maximum absolute atomic E-state index is 6.19. The van der Waals surface area contributed by atoms with Crippen LogP contribution in [0.25, 0.3) is 0 Å². The quantitative estimate of drug-likeness (QED) is 0.843. The molecule has 0 atom stereocenters. The first kappa shape index (κ1) is 16.8. The summed E-state index contributed by atoms with van der Waals surface area (Å²) in [7, 11) is 0. The summed E-state index contributed by atoms with van der Waals surface area (Å²) < 4.78 is 11.7. The molecule has 0 aliphatic carbocycles. The summed E-state index contributed by atoms with van der Waals surface area (Å²) in [5, 5.41) is 0. The van der Waals surface area contributed by atoms with E-state index < -0.39 is 0 Å². The first-order valence-electron chi connectivity index (χ1n) is 9.01. The Balaban J connectivity index is 1.56. The van der Waals surface area contributed by atoms with E-state index in [2.05, 4.69) is 49.9 Å². The first-order chi connectivity index (χ1) is 11.1. The summed E-state index contributed by atoms with van der Waals surface area (Å²) in [6.07, 6.45) is 4.60. The Morgan fingerprint density at radius 1 is 1.13 bits per heavy atom. The fourth-order valence-electron chi connectivity index (χ4n) is 3.64. The van der Waals surface area contributed by atoms with Gasteiger partial charge in [-0.2, -0.15) is 0 Å². The maximum Gasteiger partial charge on any atom is 0.119 e. The van der Waals surface area contributed by atoms with Crippen LogP contribution < -0.4 is 4.74 Å². The van der Waals surface area contributed by atoms with Crippen LogP contribution in [-0.2, 0) is 10.2 Å². The summed E-state index contributed by atoms with van der Waals surface area (Å²) in [6, 6.07) is 9.26. The van der Waals surface area contributed by atoms with Gasteiger partial charge in [0, 0.05) is 32.3 Å². The highest BCUT2D eigenvalue weighted by Gasteiger charge is 2.29. The molecule has 2 saturated heterocycles. The van der Waals surface area contributed by atoms with Crippen LogP contribution in [0.15, 0.2) is 24.3 Å². The molecule has 2 heterocycles. The van der Waals surface area contributed by atoms with Crippen molar-refractivity contribution in [2.24, 2.45) is 0 Å². The van der Waals surface area contributed by atoms with Crippen molar-refractivity contribution in [2.45, 2.75) is 57.1 Å². The van der Waals surface area contributed by atoms with Gasteiger partial charge in [0.1, 0.15) is 11.9 Å². The normalized spacial score (nSPS) is 23.1. The number of likely N-dealkylation sites (tertiary alicyclic amines) is 1. The molecular formula is C20H30NO2. The maximum atomic E-state index is 6.19. The molecular weight excluding hydrogens is 286 g/mol. The van der Waals surface area contributed by atoms with Crippen LogP contribution in [0, 0.1) is 6.92 Å². The molecule has 2 aliphatic heterocycles. The number of hydrogen-bond donors (Lipinski definition) is 0. The van der Waals surface area contributed by atoms with Crippen LogP contribution in [0.2, 0.25) is 0 Å². The molecule has 3 heteroatoms. The predicted octanol–water partition coefficient (Wildman–Crippen LogP) is 3.82. The highest BCUT2D eigenvalue weighted by molar-refractivity contribution is 5.33. The minimum atomic E-state index is 0.0133. The van der Waals surface area contributed by atoms with Crippen molar-refractivity contribution >= 4 is 0 Å². The number of nitrogens with zero attached hydrogens (tertiary/aromatic N) is 1. The first-order valence-corrected chi connectivity index (χ1v) is 9.01. The van der Waals surface area contributed by atoms with Gasteiger partial charge in [-0.1, -0.05) is 12.1 Å². The van der Waals surface area contributed by atoms with E-state index >= 15 is 0 Å². The van der Waals surface area contributed by atoms with Crippen LogP contribution in [0.1, 0.15) is 45.1 Å². The van der Waals surface area contributed by atoms with Crippen molar-refractivity contribution in [3.05, 3.63) is 36.8 Å². The molecule has 0 aromatic heterocycles. The second-order valence-electron chi connectivity index (χ2n) is 7.36. The molecule has 1 aromatic carbocycles. The lowest BCUT2D eigenvalue weighted by molar-refractivity contribution is 0.0645. The van der Waals surface area contributed by atoms with Gasteiger partial charge in [-0.25, -0.2) is 0 Å². The van der Waals surface area contributed by atoms with Crippen molar-refractivity contribution in [1.29, 1.82) is 0 Å². The highest BCUT2D eigenvalue weighted by atomic mass is 16.5. The van der Waals surface area contributed by atoms with Gasteiger partial charge in [0.25, 0.3) is 0 Å². The molecule has 0 unspecified atom stereocenters.